The Morgan fingerprint density at radius 2 is 1.73 bits per heavy atom. The number of Topliss-reactive ketones (excluding diaryl/α,β-unsaturated/α-hetero) is 2. The van der Waals surface area contributed by atoms with Crippen molar-refractivity contribution in [1.29, 1.82) is 0 Å². The number of carbonyl (C=O) groups excluding carboxylic acids is 4. The lowest BCUT2D eigenvalue weighted by atomic mass is 9.57. The fourth-order valence-corrected chi connectivity index (χ4v) is 6.21. The van der Waals surface area contributed by atoms with Crippen molar-refractivity contribution in [3.8, 4) is 11.5 Å². The Balaban J connectivity index is 1.58. The summed E-state index contributed by atoms with van der Waals surface area (Å²) in [6.07, 6.45) is -0.887. The van der Waals surface area contributed by atoms with Gasteiger partial charge in [0.2, 0.25) is 5.78 Å². The number of rotatable bonds is 4. The number of benzene rings is 2. The van der Waals surface area contributed by atoms with E-state index in [0.717, 1.165) is 5.56 Å². The van der Waals surface area contributed by atoms with Gasteiger partial charge in [-0.25, -0.2) is 4.79 Å². The summed E-state index contributed by atoms with van der Waals surface area (Å²) in [5.74, 6) is -7.17. The molecule has 2 aromatic rings. The number of phenols is 1. The van der Waals surface area contributed by atoms with Crippen LogP contribution in [0.5, 0.6) is 11.5 Å². The lowest BCUT2D eigenvalue weighted by molar-refractivity contribution is -0.153. The van der Waals surface area contributed by atoms with Crippen molar-refractivity contribution in [1.82, 2.24) is 4.90 Å². The molecule has 2 aromatic carbocycles. The number of anilines is 1. The number of nitrogens with two attached hydrogens (primary N) is 1. The van der Waals surface area contributed by atoms with Crippen LogP contribution in [0.3, 0.4) is 0 Å². The molecule has 2 unspecified atom stereocenters. The zero-order valence-corrected chi connectivity index (χ0v) is 22.5. The number of aliphatic hydroxyl groups is 3. The van der Waals surface area contributed by atoms with E-state index in [1.165, 1.54) is 31.1 Å². The zero-order valence-electron chi connectivity index (χ0n) is 22.5. The minimum absolute atomic E-state index is 0.0169. The fourth-order valence-electron chi connectivity index (χ4n) is 6.21. The number of carbonyl (C=O) groups is 4. The molecule has 0 bridgehead atoms. The lowest BCUT2D eigenvalue weighted by Gasteiger charge is -2.50. The predicted octanol–water partition coefficient (Wildman–Crippen LogP) is 1.88. The number of fused-ring (bicyclic) bond motifs is 3. The van der Waals surface area contributed by atoms with Crippen molar-refractivity contribution in [3.05, 3.63) is 70.0 Å². The molecule has 2 amide bonds. The van der Waals surface area contributed by atoms with Gasteiger partial charge in [-0.15, -0.1) is 0 Å². The molecule has 0 spiro atoms. The van der Waals surface area contributed by atoms with E-state index in [0.29, 0.717) is 11.3 Å². The number of ketones is 2. The summed E-state index contributed by atoms with van der Waals surface area (Å²) in [6.45, 7) is 1.88. The molecule has 12 heteroatoms. The van der Waals surface area contributed by atoms with Crippen molar-refractivity contribution in [2.24, 2.45) is 17.6 Å². The van der Waals surface area contributed by atoms with Crippen LogP contribution in [0.2, 0.25) is 0 Å². The number of hydrogen-bond donors (Lipinski definition) is 6. The predicted molar refractivity (Wildman–Crippen MR) is 145 cm³/mol. The third kappa shape index (κ3) is 4.23. The van der Waals surface area contributed by atoms with E-state index in [2.05, 4.69) is 5.32 Å². The van der Waals surface area contributed by atoms with Crippen LogP contribution in [0, 0.1) is 18.8 Å². The first-order valence-corrected chi connectivity index (χ1v) is 12.8. The molecular formula is C29H29N3O9. The van der Waals surface area contributed by atoms with E-state index >= 15 is 0 Å². The molecular weight excluding hydrogens is 534 g/mol. The van der Waals surface area contributed by atoms with E-state index in [9.17, 15) is 39.6 Å². The molecule has 3 aliphatic carbocycles. The van der Waals surface area contributed by atoms with Crippen LogP contribution in [0.15, 0.2) is 53.3 Å². The number of phenolic OH excluding ortho intramolecular Hbond substituents is 1. The Morgan fingerprint density at radius 1 is 1.07 bits per heavy atom. The van der Waals surface area contributed by atoms with Crippen molar-refractivity contribution in [2.75, 3.05) is 19.4 Å². The Labute approximate surface area is 234 Å². The normalized spacial score (nSPS) is 25.4. The standard InChI is InChI=1S/C29H29N3O9/c1-12-4-6-14(7-5-12)41-28(39)31-17-8-9-18(33)20-15(17)10-13-11-16-22(32(2)3)24(35)21(27(30)38)26(37)29(16,40)25(36)19(13)23(20)34/h4-9,13,16,22,33-34,37,40H,10-11H2,1-3H3,(H2,30,38)(H,31,39)/t13?,16?,22-,29-/m0/s1. The molecule has 0 saturated heterocycles. The van der Waals surface area contributed by atoms with Gasteiger partial charge in [-0.3, -0.25) is 24.6 Å². The number of hydrogen-bond acceptors (Lipinski definition) is 10. The number of likely N-dealkylation sites (N-methyl/N-ethyl adjacent to an activating group) is 1. The quantitative estimate of drug-likeness (QED) is 0.236. The van der Waals surface area contributed by atoms with Crippen LogP contribution in [0.25, 0.3) is 5.76 Å². The van der Waals surface area contributed by atoms with Crippen LogP contribution >= 0.6 is 0 Å². The molecule has 41 heavy (non-hydrogen) atoms. The topological polar surface area (TPSA) is 200 Å². The van der Waals surface area contributed by atoms with Gasteiger partial charge in [0, 0.05) is 17.2 Å². The van der Waals surface area contributed by atoms with Crippen molar-refractivity contribution in [3.63, 3.8) is 0 Å². The molecule has 0 radical (unpaired) electrons. The molecule has 0 aliphatic heterocycles. The largest absolute Gasteiger partial charge is 0.508 e. The van der Waals surface area contributed by atoms with Gasteiger partial charge >= 0.3 is 6.09 Å². The summed E-state index contributed by atoms with van der Waals surface area (Å²) in [5, 5.41) is 47.1. The number of aryl methyl sites for hydroxylation is 1. The monoisotopic (exact) mass is 563 g/mol. The maximum absolute atomic E-state index is 13.9. The average Bonchev–Trinajstić information content (AvgIpc) is 2.89. The number of aromatic hydroxyl groups is 1. The van der Waals surface area contributed by atoms with Gasteiger partial charge in [-0.05, 0) is 69.6 Å². The van der Waals surface area contributed by atoms with Crippen LogP contribution < -0.4 is 15.8 Å². The molecule has 0 aromatic heterocycles. The molecule has 3 aliphatic rings. The number of ether oxygens (including phenoxy) is 1. The van der Waals surface area contributed by atoms with Crippen LogP contribution in [0.1, 0.15) is 23.1 Å². The first kappa shape index (κ1) is 27.9. The minimum Gasteiger partial charge on any atom is -0.508 e. The molecule has 7 N–H and O–H groups in total. The second-order valence-electron chi connectivity index (χ2n) is 10.8. The van der Waals surface area contributed by atoms with E-state index < -0.39 is 69.9 Å². The van der Waals surface area contributed by atoms with Crippen molar-refractivity contribution >= 4 is 35.0 Å². The molecule has 5 rings (SSSR count). The highest BCUT2D eigenvalue weighted by atomic mass is 16.6. The molecule has 4 atom stereocenters. The summed E-state index contributed by atoms with van der Waals surface area (Å²) in [4.78, 5) is 53.3. The van der Waals surface area contributed by atoms with Crippen LogP contribution in [-0.2, 0) is 20.8 Å². The number of nitrogens with zero attached hydrogens (tertiary/aromatic N) is 1. The SMILES string of the molecule is Cc1ccc(OC(=O)Nc2ccc(O)c3c2CC2CC4[C@H](N(C)C)C(=O)C(C(N)=O)=C(O)[C@@]4(O)C(=O)C2=C3O)cc1. The smallest absolute Gasteiger partial charge is 0.417 e. The molecule has 1 fully saturated rings. The third-order valence-corrected chi connectivity index (χ3v) is 8.07. The van der Waals surface area contributed by atoms with Crippen LogP contribution in [0.4, 0.5) is 10.5 Å². The lowest BCUT2D eigenvalue weighted by Crippen LogP contribution is -2.65. The second kappa shape index (κ2) is 9.75. The molecule has 1 saturated carbocycles. The Bertz CT molecular complexity index is 1570. The average molecular weight is 564 g/mol. The van der Waals surface area contributed by atoms with Crippen molar-refractivity contribution in [2.45, 2.75) is 31.4 Å². The van der Waals surface area contributed by atoms with E-state index in [1.54, 1.807) is 24.3 Å². The zero-order chi connectivity index (χ0) is 30.0. The summed E-state index contributed by atoms with van der Waals surface area (Å²) in [6, 6.07) is 8.23. The van der Waals surface area contributed by atoms with Gasteiger partial charge in [0.25, 0.3) is 5.91 Å². The first-order valence-electron chi connectivity index (χ1n) is 12.8. The number of primary amides is 1. The highest BCUT2D eigenvalue weighted by molar-refractivity contribution is 6.24. The summed E-state index contributed by atoms with van der Waals surface area (Å²) in [7, 11) is 3.04. The molecule has 12 nitrogen and oxygen atoms in total. The highest BCUT2D eigenvalue weighted by Crippen LogP contribution is 2.53. The Kier molecular flexibility index (Phi) is 6.63. The van der Waals surface area contributed by atoms with E-state index in [-0.39, 0.29) is 29.7 Å². The maximum Gasteiger partial charge on any atom is 0.417 e. The van der Waals surface area contributed by atoms with E-state index in [4.69, 9.17) is 10.5 Å². The summed E-state index contributed by atoms with van der Waals surface area (Å²) >= 11 is 0. The van der Waals surface area contributed by atoms with E-state index in [1.807, 2.05) is 6.92 Å². The van der Waals surface area contributed by atoms with Crippen molar-refractivity contribution < 1.29 is 44.3 Å². The Morgan fingerprint density at radius 3 is 2.34 bits per heavy atom. The molecule has 0 heterocycles. The van der Waals surface area contributed by atoms with Crippen LogP contribution in [-0.4, -0.2) is 74.6 Å². The number of aliphatic hydroxyl groups excluding tert-OH is 2. The van der Waals surface area contributed by atoms with Gasteiger partial charge in [0.15, 0.2) is 11.4 Å². The summed E-state index contributed by atoms with van der Waals surface area (Å²) in [5.41, 5.74) is 2.78. The third-order valence-electron chi connectivity index (χ3n) is 8.07. The van der Waals surface area contributed by atoms with Gasteiger partial charge in [0.05, 0.1) is 11.6 Å². The first-order chi connectivity index (χ1) is 19.3. The van der Waals surface area contributed by atoms with Gasteiger partial charge in [-0.2, -0.15) is 0 Å². The fraction of sp³-hybridized carbons (Fsp3) is 0.310. The minimum atomic E-state index is -2.73. The summed E-state index contributed by atoms with van der Waals surface area (Å²) < 4.78 is 5.33. The molecule has 214 valence electrons. The Hall–Kier alpha value is -4.68. The highest BCUT2D eigenvalue weighted by Gasteiger charge is 2.64. The van der Waals surface area contributed by atoms with Gasteiger partial charge < -0.3 is 30.9 Å². The second-order valence-corrected chi connectivity index (χ2v) is 10.8. The number of nitrogens with one attached hydrogen (secondary N) is 1. The number of amides is 2. The van der Waals surface area contributed by atoms with Gasteiger partial charge in [0.1, 0.15) is 28.6 Å². The van der Waals surface area contributed by atoms with Gasteiger partial charge in [-0.1, -0.05) is 17.7 Å². The maximum atomic E-state index is 13.9.